The van der Waals surface area contributed by atoms with Crippen molar-refractivity contribution < 1.29 is 4.74 Å². The van der Waals surface area contributed by atoms with Gasteiger partial charge in [-0.25, -0.2) is 9.97 Å². The highest BCUT2D eigenvalue weighted by Crippen LogP contribution is 2.23. The SMILES string of the molecule is CCC(Nc1ncnc2c1cnn2C)C1CCCCO1. The van der Waals surface area contributed by atoms with Crippen LogP contribution in [-0.2, 0) is 11.8 Å². The Morgan fingerprint density at radius 2 is 2.35 bits per heavy atom. The standard InChI is InChI=1S/C14H21N5O/c1-3-11(12-6-4-5-7-20-12)18-13-10-8-17-19(2)14(10)16-9-15-13/h8-9,11-12H,3-7H2,1-2H3,(H,15,16,18). The van der Waals surface area contributed by atoms with E-state index in [0.29, 0.717) is 0 Å². The molecule has 108 valence electrons. The van der Waals surface area contributed by atoms with Crippen LogP contribution in [0.15, 0.2) is 12.5 Å². The minimum Gasteiger partial charge on any atom is -0.376 e. The third-order valence-electron chi connectivity index (χ3n) is 3.96. The van der Waals surface area contributed by atoms with Gasteiger partial charge in [0.05, 0.1) is 23.7 Å². The number of anilines is 1. The fraction of sp³-hybridized carbons (Fsp3) is 0.643. The first-order valence-electron chi connectivity index (χ1n) is 7.30. The van der Waals surface area contributed by atoms with E-state index in [1.807, 2.05) is 13.2 Å². The van der Waals surface area contributed by atoms with E-state index in [1.54, 1.807) is 11.0 Å². The van der Waals surface area contributed by atoms with Crippen LogP contribution in [0.2, 0.25) is 0 Å². The van der Waals surface area contributed by atoms with E-state index in [1.165, 1.54) is 12.8 Å². The second-order valence-corrected chi connectivity index (χ2v) is 5.29. The normalized spacial score (nSPS) is 21.0. The van der Waals surface area contributed by atoms with Crippen LogP contribution in [0.3, 0.4) is 0 Å². The molecule has 3 rings (SSSR count). The minimum atomic E-state index is 0.274. The van der Waals surface area contributed by atoms with Crippen molar-refractivity contribution in [2.45, 2.75) is 44.8 Å². The minimum absolute atomic E-state index is 0.274. The lowest BCUT2D eigenvalue weighted by Crippen LogP contribution is -2.37. The number of hydrogen-bond donors (Lipinski definition) is 1. The van der Waals surface area contributed by atoms with Gasteiger partial charge in [0, 0.05) is 13.7 Å². The fourth-order valence-electron chi connectivity index (χ4n) is 2.79. The Labute approximate surface area is 118 Å². The van der Waals surface area contributed by atoms with Crippen molar-refractivity contribution in [2.24, 2.45) is 7.05 Å². The van der Waals surface area contributed by atoms with Crippen LogP contribution in [-0.4, -0.2) is 38.5 Å². The van der Waals surface area contributed by atoms with Gasteiger partial charge < -0.3 is 10.1 Å². The van der Waals surface area contributed by atoms with Gasteiger partial charge in [-0.3, -0.25) is 4.68 Å². The van der Waals surface area contributed by atoms with Gasteiger partial charge in [0.2, 0.25) is 0 Å². The summed E-state index contributed by atoms with van der Waals surface area (Å²) in [7, 11) is 1.89. The first-order chi connectivity index (χ1) is 9.79. The van der Waals surface area contributed by atoms with Gasteiger partial charge in [-0.05, 0) is 25.7 Å². The maximum atomic E-state index is 5.89. The van der Waals surface area contributed by atoms with Crippen molar-refractivity contribution in [1.82, 2.24) is 19.7 Å². The maximum Gasteiger partial charge on any atom is 0.163 e. The van der Waals surface area contributed by atoms with Crippen molar-refractivity contribution >= 4 is 16.9 Å². The van der Waals surface area contributed by atoms with Crippen molar-refractivity contribution in [3.63, 3.8) is 0 Å². The summed E-state index contributed by atoms with van der Waals surface area (Å²) in [6.07, 6.45) is 8.22. The summed E-state index contributed by atoms with van der Waals surface area (Å²) in [5, 5.41) is 8.73. The molecule has 0 radical (unpaired) electrons. The van der Waals surface area contributed by atoms with Crippen molar-refractivity contribution in [3.05, 3.63) is 12.5 Å². The van der Waals surface area contributed by atoms with Crippen LogP contribution in [0.5, 0.6) is 0 Å². The van der Waals surface area contributed by atoms with E-state index in [0.717, 1.165) is 36.3 Å². The summed E-state index contributed by atoms with van der Waals surface area (Å²) >= 11 is 0. The van der Waals surface area contributed by atoms with Crippen molar-refractivity contribution in [3.8, 4) is 0 Å². The molecular formula is C14H21N5O. The van der Waals surface area contributed by atoms with Gasteiger partial charge in [0.1, 0.15) is 12.1 Å². The molecule has 0 bridgehead atoms. The lowest BCUT2D eigenvalue weighted by molar-refractivity contribution is 0.00398. The molecule has 2 aromatic heterocycles. The maximum absolute atomic E-state index is 5.89. The third kappa shape index (κ3) is 2.47. The third-order valence-corrected chi connectivity index (χ3v) is 3.96. The first-order valence-corrected chi connectivity index (χ1v) is 7.30. The highest BCUT2D eigenvalue weighted by Gasteiger charge is 2.24. The Balaban J connectivity index is 1.83. The van der Waals surface area contributed by atoms with Crippen molar-refractivity contribution in [2.75, 3.05) is 11.9 Å². The molecule has 2 atom stereocenters. The molecule has 0 aromatic carbocycles. The number of rotatable bonds is 4. The summed E-state index contributed by atoms with van der Waals surface area (Å²) in [5.74, 6) is 0.851. The van der Waals surface area contributed by atoms with E-state index < -0.39 is 0 Å². The highest BCUT2D eigenvalue weighted by molar-refractivity contribution is 5.86. The van der Waals surface area contributed by atoms with Gasteiger partial charge in [0.15, 0.2) is 5.65 Å². The van der Waals surface area contributed by atoms with Crippen LogP contribution < -0.4 is 5.32 Å². The van der Waals surface area contributed by atoms with Crippen LogP contribution in [0.25, 0.3) is 11.0 Å². The van der Waals surface area contributed by atoms with E-state index in [-0.39, 0.29) is 12.1 Å². The number of nitrogens with one attached hydrogen (secondary N) is 1. The predicted octanol–water partition coefficient (Wildman–Crippen LogP) is 2.12. The lowest BCUT2D eigenvalue weighted by Gasteiger charge is -2.30. The van der Waals surface area contributed by atoms with E-state index in [9.17, 15) is 0 Å². The fourth-order valence-corrected chi connectivity index (χ4v) is 2.79. The molecule has 2 aromatic rings. The monoisotopic (exact) mass is 275 g/mol. The molecule has 0 saturated carbocycles. The Morgan fingerprint density at radius 1 is 1.45 bits per heavy atom. The van der Waals surface area contributed by atoms with Crippen LogP contribution in [0.1, 0.15) is 32.6 Å². The lowest BCUT2D eigenvalue weighted by atomic mass is 10.00. The molecule has 1 fully saturated rings. The van der Waals surface area contributed by atoms with Gasteiger partial charge in [0.25, 0.3) is 0 Å². The largest absolute Gasteiger partial charge is 0.376 e. The number of aryl methyl sites for hydroxylation is 1. The molecule has 1 N–H and O–H groups in total. The zero-order valence-corrected chi connectivity index (χ0v) is 12.0. The van der Waals surface area contributed by atoms with E-state index >= 15 is 0 Å². The molecule has 1 aliphatic heterocycles. The number of nitrogens with zero attached hydrogens (tertiary/aromatic N) is 4. The molecule has 1 aliphatic rings. The topological polar surface area (TPSA) is 64.9 Å². The average molecular weight is 275 g/mol. The van der Waals surface area contributed by atoms with Crippen molar-refractivity contribution in [1.29, 1.82) is 0 Å². The Kier molecular flexibility index (Phi) is 3.82. The number of fused-ring (bicyclic) bond motifs is 1. The second-order valence-electron chi connectivity index (χ2n) is 5.29. The molecule has 1 saturated heterocycles. The first kappa shape index (κ1) is 13.3. The molecular weight excluding hydrogens is 254 g/mol. The number of ether oxygens (including phenoxy) is 1. The van der Waals surface area contributed by atoms with E-state index in [2.05, 4.69) is 27.3 Å². The molecule has 0 spiro atoms. The summed E-state index contributed by atoms with van der Waals surface area (Å²) in [5.41, 5.74) is 0.849. The van der Waals surface area contributed by atoms with E-state index in [4.69, 9.17) is 4.74 Å². The van der Waals surface area contributed by atoms with Gasteiger partial charge in [-0.15, -0.1) is 0 Å². The summed E-state index contributed by atoms with van der Waals surface area (Å²) in [6, 6.07) is 0.286. The zero-order chi connectivity index (χ0) is 13.9. The van der Waals surface area contributed by atoms with Crippen LogP contribution in [0, 0.1) is 0 Å². The molecule has 3 heterocycles. The predicted molar refractivity (Wildman–Crippen MR) is 77.6 cm³/mol. The number of hydrogen-bond acceptors (Lipinski definition) is 5. The quantitative estimate of drug-likeness (QED) is 0.926. The Bertz CT molecular complexity index is 576. The smallest absolute Gasteiger partial charge is 0.163 e. The van der Waals surface area contributed by atoms with Crippen LogP contribution in [0.4, 0.5) is 5.82 Å². The van der Waals surface area contributed by atoms with Gasteiger partial charge in [-0.1, -0.05) is 6.92 Å². The van der Waals surface area contributed by atoms with Gasteiger partial charge >= 0.3 is 0 Å². The molecule has 6 heteroatoms. The molecule has 0 amide bonds. The summed E-state index contributed by atoms with van der Waals surface area (Å²) < 4.78 is 7.66. The summed E-state index contributed by atoms with van der Waals surface area (Å²) in [6.45, 7) is 3.05. The molecule has 0 aliphatic carbocycles. The zero-order valence-electron chi connectivity index (χ0n) is 12.0. The molecule has 2 unspecified atom stereocenters. The summed E-state index contributed by atoms with van der Waals surface area (Å²) in [4.78, 5) is 8.64. The van der Waals surface area contributed by atoms with Crippen LogP contribution >= 0.6 is 0 Å². The highest BCUT2D eigenvalue weighted by atomic mass is 16.5. The number of aromatic nitrogens is 4. The Hall–Kier alpha value is -1.69. The average Bonchev–Trinajstić information content (AvgIpc) is 2.88. The molecule has 20 heavy (non-hydrogen) atoms. The Morgan fingerprint density at radius 3 is 3.10 bits per heavy atom. The second kappa shape index (κ2) is 5.75. The van der Waals surface area contributed by atoms with Gasteiger partial charge in [-0.2, -0.15) is 5.10 Å². The molecule has 6 nitrogen and oxygen atoms in total.